The molecule has 1 spiro atoms. The standard InChI is InChI=1S/C23H19N5O2.C23H15N3O.CH5NO.ClH/c1-25-17-7-5-6-15(12-17)16-9-10-20-18(13-16)23(27-22(24)28(2)30-23)14-21(29-20)19-8-3-4-11-26-19;1-24-15-18-14-23(21-8-3-4-11-26-21)27-22-10-9-17(13-20(18)22)16-6-5-7-19(12-16)25-2;1-2-3;/h3-13,21H,14H2,2H3,(H2,24,27);3-13,15,23H,14H2;2-3H,1H3;1H/b;18-15-;;. The Hall–Kier alpha value is -7.57. The summed E-state index contributed by atoms with van der Waals surface area (Å²) in [7, 11) is 3.17. The fourth-order valence-corrected chi connectivity index (χ4v) is 7.16. The molecule has 0 radical (unpaired) electrons. The number of aliphatic imine (C=N–C) groups is 1. The fourth-order valence-electron chi connectivity index (χ4n) is 7.16. The van der Waals surface area contributed by atoms with Crippen molar-refractivity contribution in [3.63, 3.8) is 0 Å². The van der Waals surface area contributed by atoms with Gasteiger partial charge in [0.2, 0.25) is 11.7 Å². The van der Waals surface area contributed by atoms with E-state index in [1.54, 1.807) is 43.3 Å². The lowest BCUT2D eigenvalue weighted by Crippen LogP contribution is -2.36. The van der Waals surface area contributed by atoms with Crippen LogP contribution in [0.25, 0.3) is 42.4 Å². The summed E-state index contributed by atoms with van der Waals surface area (Å²) in [6.45, 7) is 21.8. The van der Waals surface area contributed by atoms with E-state index in [2.05, 4.69) is 29.5 Å². The first-order chi connectivity index (χ1) is 29.3. The molecule has 0 aliphatic carbocycles. The van der Waals surface area contributed by atoms with Crippen LogP contribution in [0, 0.1) is 19.7 Å². The van der Waals surface area contributed by atoms with Crippen molar-refractivity contribution >= 4 is 35.3 Å². The highest BCUT2D eigenvalue weighted by molar-refractivity contribution is 5.85. The third-order valence-electron chi connectivity index (χ3n) is 9.91. The van der Waals surface area contributed by atoms with Crippen LogP contribution in [0.15, 0.2) is 145 Å². The number of hydrogen-bond acceptors (Lipinski definition) is 10. The molecule has 3 aliphatic rings. The van der Waals surface area contributed by atoms with Crippen molar-refractivity contribution in [1.82, 2.24) is 20.5 Å². The highest BCUT2D eigenvalue weighted by atomic mass is 35.5. The summed E-state index contributed by atoms with van der Waals surface area (Å²) in [6, 6.07) is 38.3. The fraction of sp³-hybridized carbons (Fsp3) is 0.149. The number of guanidine groups is 1. The van der Waals surface area contributed by atoms with Gasteiger partial charge in [0.1, 0.15) is 23.7 Å². The van der Waals surface area contributed by atoms with Crippen LogP contribution < -0.4 is 20.7 Å². The summed E-state index contributed by atoms with van der Waals surface area (Å²) in [5.41, 5.74) is 16.2. The number of pyridine rings is 2. The molecule has 6 aromatic rings. The Morgan fingerprint density at radius 1 is 0.754 bits per heavy atom. The number of ether oxygens (including phenoxy) is 2. The van der Waals surface area contributed by atoms with Crippen molar-refractivity contribution in [2.24, 2.45) is 10.7 Å². The third-order valence-corrected chi connectivity index (χ3v) is 9.91. The molecule has 3 aliphatic heterocycles. The highest BCUT2D eigenvalue weighted by Gasteiger charge is 2.49. The smallest absolute Gasteiger partial charge is 0.222 e. The van der Waals surface area contributed by atoms with E-state index >= 15 is 0 Å². The Kier molecular flexibility index (Phi) is 13.7. The van der Waals surface area contributed by atoms with Crippen LogP contribution in [0.2, 0.25) is 0 Å². The number of nitrogens with zero attached hydrogens (tertiary/aromatic N) is 7. The van der Waals surface area contributed by atoms with Gasteiger partial charge in [-0.2, -0.15) is 0 Å². The lowest BCUT2D eigenvalue weighted by Gasteiger charge is -2.36. The average Bonchev–Trinajstić information content (AvgIpc) is 3.58. The lowest BCUT2D eigenvalue weighted by molar-refractivity contribution is -0.191. The van der Waals surface area contributed by atoms with Crippen molar-refractivity contribution < 1.29 is 19.5 Å². The Balaban J connectivity index is 0.000000190. The maximum atomic E-state index is 7.32. The van der Waals surface area contributed by atoms with Crippen LogP contribution in [0.5, 0.6) is 11.5 Å². The topological polar surface area (TPSA) is 140 Å². The van der Waals surface area contributed by atoms with Gasteiger partial charge in [-0.1, -0.05) is 60.7 Å². The molecular formula is C47H40ClN9O4. The second kappa shape index (κ2) is 19.5. The van der Waals surface area contributed by atoms with Crippen LogP contribution >= 0.6 is 12.4 Å². The summed E-state index contributed by atoms with van der Waals surface area (Å²) in [5.74, 6) is 1.73. The molecule has 2 aromatic heterocycles. The maximum Gasteiger partial charge on any atom is 0.222 e. The van der Waals surface area contributed by atoms with Gasteiger partial charge in [0.05, 0.1) is 36.7 Å². The van der Waals surface area contributed by atoms with Crippen LogP contribution in [0.4, 0.5) is 11.4 Å². The minimum atomic E-state index is -0.998. The molecule has 4 aromatic carbocycles. The van der Waals surface area contributed by atoms with Gasteiger partial charge in [-0.15, -0.1) is 12.4 Å². The van der Waals surface area contributed by atoms with Crippen LogP contribution in [0.3, 0.4) is 0 Å². The number of nitrogens with two attached hydrogens (primary N) is 1. The van der Waals surface area contributed by atoms with Crippen molar-refractivity contribution in [1.29, 1.82) is 0 Å². The van der Waals surface area contributed by atoms with Crippen LogP contribution in [-0.4, -0.2) is 40.3 Å². The van der Waals surface area contributed by atoms with Crippen molar-refractivity contribution in [2.75, 3.05) is 14.1 Å². The number of nitrogens with one attached hydrogen (secondary N) is 1. The molecule has 14 heteroatoms. The SMILES string of the molecule is CNO.Cl.[C-]#[N+]/C=C1/CC(c2ccccn2)Oc2ccc(-c3cccc([N+]#[C-])c3)cc21.[C-]#[N+]c1cccc(-c2ccc3c(c2)C2(CC(c4ccccn4)O3)N=C(N)N(C)O2)c1. The van der Waals surface area contributed by atoms with Crippen LogP contribution in [-0.2, 0) is 10.6 Å². The zero-order valence-electron chi connectivity index (χ0n) is 33.1. The molecule has 0 fully saturated rings. The van der Waals surface area contributed by atoms with Gasteiger partial charge in [0.25, 0.3) is 0 Å². The number of benzene rings is 4. The molecule has 0 saturated carbocycles. The molecule has 13 nitrogen and oxygen atoms in total. The molecule has 4 N–H and O–H groups in total. The van der Waals surface area contributed by atoms with Gasteiger partial charge in [0, 0.05) is 44.9 Å². The molecule has 0 amide bonds. The minimum Gasteiger partial charge on any atom is -0.483 e. The zero-order valence-corrected chi connectivity index (χ0v) is 34.0. The predicted molar refractivity (Wildman–Crippen MR) is 236 cm³/mol. The molecule has 9 rings (SSSR count). The summed E-state index contributed by atoms with van der Waals surface area (Å²) in [4.78, 5) is 30.2. The van der Waals surface area contributed by atoms with Gasteiger partial charge in [-0.05, 0) is 88.5 Å². The van der Waals surface area contributed by atoms with E-state index in [1.165, 1.54) is 12.1 Å². The van der Waals surface area contributed by atoms with E-state index in [1.807, 2.05) is 109 Å². The molecule has 0 bridgehead atoms. The Morgan fingerprint density at radius 3 is 1.85 bits per heavy atom. The van der Waals surface area contributed by atoms with E-state index < -0.39 is 5.72 Å². The summed E-state index contributed by atoms with van der Waals surface area (Å²) >= 11 is 0. The number of fused-ring (bicyclic) bond motifs is 3. The minimum absolute atomic E-state index is 0. The monoisotopic (exact) mass is 829 g/mol. The average molecular weight is 830 g/mol. The van der Waals surface area contributed by atoms with Crippen molar-refractivity contribution in [3.05, 3.63) is 197 Å². The lowest BCUT2D eigenvalue weighted by atomic mass is 9.89. The van der Waals surface area contributed by atoms with Crippen LogP contribution in [0.1, 0.15) is 47.6 Å². The van der Waals surface area contributed by atoms with E-state index in [9.17, 15) is 0 Å². The van der Waals surface area contributed by atoms with E-state index in [-0.39, 0.29) is 24.6 Å². The summed E-state index contributed by atoms with van der Waals surface area (Å²) < 4.78 is 12.5. The highest BCUT2D eigenvalue weighted by Crippen LogP contribution is 2.50. The Morgan fingerprint density at radius 2 is 1.31 bits per heavy atom. The second-order valence-electron chi connectivity index (χ2n) is 13.7. The Bertz CT molecular complexity index is 2690. The van der Waals surface area contributed by atoms with Gasteiger partial charge in [-0.25, -0.2) is 34.9 Å². The molecule has 3 atom stereocenters. The Labute approximate surface area is 360 Å². The summed E-state index contributed by atoms with van der Waals surface area (Å²) in [5, 5.41) is 8.80. The van der Waals surface area contributed by atoms with Crippen molar-refractivity contribution in [3.8, 4) is 33.8 Å². The second-order valence-corrected chi connectivity index (χ2v) is 13.7. The van der Waals surface area contributed by atoms with Gasteiger partial charge in [0.15, 0.2) is 17.6 Å². The number of hydroxylamine groups is 3. The van der Waals surface area contributed by atoms with E-state index in [0.717, 1.165) is 56.1 Å². The first-order valence-corrected chi connectivity index (χ1v) is 18.8. The molecule has 5 heterocycles. The van der Waals surface area contributed by atoms with Gasteiger partial charge >= 0.3 is 0 Å². The number of rotatable bonds is 4. The molecular weight excluding hydrogens is 790 g/mol. The third kappa shape index (κ3) is 9.51. The number of hydrogen-bond donors (Lipinski definition) is 3. The largest absolute Gasteiger partial charge is 0.483 e. The van der Waals surface area contributed by atoms with Gasteiger partial charge < -0.3 is 20.4 Å². The molecule has 304 valence electrons. The first kappa shape index (κ1) is 43.0. The maximum absolute atomic E-state index is 7.32. The zero-order chi connectivity index (χ0) is 42.1. The quantitative estimate of drug-likeness (QED) is 0.117. The first-order valence-electron chi connectivity index (χ1n) is 18.8. The van der Waals surface area contributed by atoms with Gasteiger partial charge in [-0.3, -0.25) is 9.97 Å². The van der Waals surface area contributed by atoms with Crippen molar-refractivity contribution in [2.45, 2.75) is 30.8 Å². The molecule has 61 heavy (non-hydrogen) atoms. The number of halogens is 1. The van der Waals surface area contributed by atoms with E-state index in [0.29, 0.717) is 35.9 Å². The normalized spacial score (nSPS) is 18.6. The number of aromatic nitrogens is 2. The molecule has 3 unspecified atom stereocenters. The predicted octanol–water partition coefficient (Wildman–Crippen LogP) is 10.3. The summed E-state index contributed by atoms with van der Waals surface area (Å²) in [6.07, 6.45) is 5.57. The van der Waals surface area contributed by atoms with E-state index in [4.69, 9.17) is 45.0 Å². The molecule has 0 saturated heterocycles.